The van der Waals surface area contributed by atoms with Crippen molar-refractivity contribution in [3.63, 3.8) is 0 Å². The van der Waals surface area contributed by atoms with E-state index in [9.17, 15) is 4.39 Å². The number of hydrogen-bond acceptors (Lipinski definition) is 2. The van der Waals surface area contributed by atoms with Gasteiger partial charge in [0.15, 0.2) is 11.6 Å². The van der Waals surface area contributed by atoms with Crippen LogP contribution in [-0.2, 0) is 13.7 Å². The Morgan fingerprint density at radius 1 is 1.42 bits per heavy atom. The summed E-state index contributed by atoms with van der Waals surface area (Å²) in [4.78, 5) is 0. The first kappa shape index (κ1) is 13.4. The van der Waals surface area contributed by atoms with Gasteiger partial charge in [-0.15, -0.1) is 11.6 Å². The molecule has 0 unspecified atom stereocenters. The molecule has 0 saturated carbocycles. The number of halogens is 2. The molecular formula is C14H12ClFN2O. The molecule has 2 aromatic rings. The molecule has 0 aliphatic carbocycles. The van der Waals surface area contributed by atoms with Crippen LogP contribution in [-0.4, -0.2) is 15.7 Å². The summed E-state index contributed by atoms with van der Waals surface area (Å²) in [6.07, 6.45) is 1.80. The molecule has 0 saturated heterocycles. The van der Waals surface area contributed by atoms with Gasteiger partial charge in [0.2, 0.25) is 0 Å². The molecule has 0 aliphatic heterocycles. The summed E-state index contributed by atoms with van der Waals surface area (Å²) in [6, 6.07) is 6.28. The van der Waals surface area contributed by atoms with E-state index in [0.717, 1.165) is 5.69 Å². The second-order valence-electron chi connectivity index (χ2n) is 3.85. The van der Waals surface area contributed by atoms with Crippen LogP contribution in [0.25, 0.3) is 0 Å². The van der Waals surface area contributed by atoms with E-state index in [0.29, 0.717) is 5.56 Å². The van der Waals surface area contributed by atoms with Crippen molar-refractivity contribution in [3.05, 3.63) is 47.5 Å². The highest BCUT2D eigenvalue weighted by Crippen LogP contribution is 2.19. The number of aromatic nitrogens is 2. The highest BCUT2D eigenvalue weighted by atomic mass is 35.5. The van der Waals surface area contributed by atoms with Crippen LogP contribution in [0, 0.1) is 17.7 Å². The topological polar surface area (TPSA) is 27.1 Å². The Kier molecular flexibility index (Phi) is 4.43. The van der Waals surface area contributed by atoms with Gasteiger partial charge in [0.1, 0.15) is 6.61 Å². The molecule has 2 rings (SSSR count). The van der Waals surface area contributed by atoms with Crippen molar-refractivity contribution < 1.29 is 9.13 Å². The van der Waals surface area contributed by atoms with Gasteiger partial charge in [-0.2, -0.15) is 5.10 Å². The van der Waals surface area contributed by atoms with Crippen molar-refractivity contribution >= 4 is 11.6 Å². The van der Waals surface area contributed by atoms with E-state index < -0.39 is 5.82 Å². The average molecular weight is 279 g/mol. The van der Waals surface area contributed by atoms with Crippen LogP contribution < -0.4 is 4.74 Å². The summed E-state index contributed by atoms with van der Waals surface area (Å²) < 4.78 is 20.6. The van der Waals surface area contributed by atoms with Crippen LogP contribution in [0.15, 0.2) is 30.5 Å². The van der Waals surface area contributed by atoms with Gasteiger partial charge < -0.3 is 4.74 Å². The third kappa shape index (κ3) is 3.73. The van der Waals surface area contributed by atoms with Crippen molar-refractivity contribution in [2.45, 2.75) is 6.61 Å². The predicted molar refractivity (Wildman–Crippen MR) is 71.5 cm³/mol. The Morgan fingerprint density at radius 2 is 2.26 bits per heavy atom. The summed E-state index contributed by atoms with van der Waals surface area (Å²) >= 11 is 5.48. The third-order valence-electron chi connectivity index (χ3n) is 2.38. The van der Waals surface area contributed by atoms with E-state index in [-0.39, 0.29) is 18.2 Å². The van der Waals surface area contributed by atoms with Gasteiger partial charge in [0, 0.05) is 18.8 Å². The van der Waals surface area contributed by atoms with Crippen LogP contribution >= 0.6 is 11.6 Å². The maximum atomic E-state index is 13.6. The van der Waals surface area contributed by atoms with Gasteiger partial charge in [-0.05, 0) is 24.3 Å². The third-order valence-corrected chi connectivity index (χ3v) is 2.51. The van der Waals surface area contributed by atoms with E-state index >= 15 is 0 Å². The largest absolute Gasteiger partial charge is 0.484 e. The predicted octanol–water partition coefficient (Wildman–Crippen LogP) is 2.73. The minimum atomic E-state index is -0.424. The van der Waals surface area contributed by atoms with Gasteiger partial charge in [0.05, 0.1) is 11.6 Å². The fourth-order valence-corrected chi connectivity index (χ4v) is 1.59. The molecule has 1 aromatic heterocycles. The fourth-order valence-electron chi connectivity index (χ4n) is 1.52. The van der Waals surface area contributed by atoms with Gasteiger partial charge in [0.25, 0.3) is 0 Å². The monoisotopic (exact) mass is 278 g/mol. The first-order valence-corrected chi connectivity index (χ1v) is 6.18. The lowest BCUT2D eigenvalue weighted by molar-refractivity contribution is 0.285. The first-order chi connectivity index (χ1) is 9.19. The summed E-state index contributed by atoms with van der Waals surface area (Å²) in [7, 11) is 1.81. The fraction of sp³-hybridized carbons (Fsp3) is 0.214. The molecule has 0 atom stereocenters. The van der Waals surface area contributed by atoms with Crippen LogP contribution in [0.5, 0.6) is 5.75 Å². The highest BCUT2D eigenvalue weighted by molar-refractivity contribution is 6.19. The average Bonchev–Trinajstić information content (AvgIpc) is 2.82. The molecule has 5 heteroatoms. The Morgan fingerprint density at radius 3 is 2.95 bits per heavy atom. The number of aryl methyl sites for hydroxylation is 1. The summed E-state index contributed by atoms with van der Waals surface area (Å²) in [5.74, 6) is 5.50. The van der Waals surface area contributed by atoms with Crippen LogP contribution in [0.1, 0.15) is 11.3 Å². The molecule has 0 fully saturated rings. The molecule has 0 spiro atoms. The highest BCUT2D eigenvalue weighted by Gasteiger charge is 2.05. The number of ether oxygens (including phenoxy) is 1. The molecular weight excluding hydrogens is 267 g/mol. The lowest BCUT2D eigenvalue weighted by atomic mass is 10.2. The second kappa shape index (κ2) is 6.26. The molecule has 1 heterocycles. The van der Waals surface area contributed by atoms with E-state index in [1.54, 1.807) is 23.0 Å². The van der Waals surface area contributed by atoms with Gasteiger partial charge >= 0.3 is 0 Å². The molecule has 98 valence electrons. The maximum absolute atomic E-state index is 13.6. The van der Waals surface area contributed by atoms with Crippen LogP contribution in [0.4, 0.5) is 4.39 Å². The Balaban J connectivity index is 2.10. The molecule has 0 N–H and O–H groups in total. The summed E-state index contributed by atoms with van der Waals surface area (Å²) in [5.41, 5.74) is 1.40. The normalized spacial score (nSPS) is 9.84. The lowest BCUT2D eigenvalue weighted by Crippen LogP contribution is -1.99. The number of alkyl halides is 1. The van der Waals surface area contributed by atoms with E-state index in [1.807, 2.05) is 13.1 Å². The smallest absolute Gasteiger partial charge is 0.165 e. The van der Waals surface area contributed by atoms with Crippen molar-refractivity contribution in [2.75, 3.05) is 5.88 Å². The Bertz CT molecular complexity index is 628. The number of rotatable bonds is 3. The number of benzene rings is 1. The molecule has 0 amide bonds. The van der Waals surface area contributed by atoms with Crippen molar-refractivity contribution in [3.8, 4) is 17.6 Å². The minimum Gasteiger partial charge on any atom is -0.484 e. The second-order valence-corrected chi connectivity index (χ2v) is 4.12. The van der Waals surface area contributed by atoms with Gasteiger partial charge in [-0.3, -0.25) is 4.68 Å². The van der Waals surface area contributed by atoms with Crippen molar-refractivity contribution in [1.29, 1.82) is 0 Å². The van der Waals surface area contributed by atoms with Crippen molar-refractivity contribution in [1.82, 2.24) is 9.78 Å². The molecule has 0 aliphatic rings. The van der Waals surface area contributed by atoms with Crippen molar-refractivity contribution in [2.24, 2.45) is 7.05 Å². The molecule has 1 aromatic carbocycles. The number of nitrogens with zero attached hydrogens (tertiary/aromatic N) is 2. The van der Waals surface area contributed by atoms with Gasteiger partial charge in [-0.1, -0.05) is 11.8 Å². The molecule has 3 nitrogen and oxygen atoms in total. The van der Waals surface area contributed by atoms with Crippen LogP contribution in [0.2, 0.25) is 0 Å². The lowest BCUT2D eigenvalue weighted by Gasteiger charge is -2.06. The minimum absolute atomic E-state index is 0.159. The molecule has 0 radical (unpaired) electrons. The standard InChI is InChI=1S/C14H12ClFN2O/c1-18-8-6-12(17-18)10-19-14-9-11(3-2-7-15)4-5-13(14)16/h4-6,8-9H,7,10H2,1H3. The van der Waals surface area contributed by atoms with E-state index in [1.165, 1.54) is 6.07 Å². The Hall–Kier alpha value is -1.99. The number of hydrogen-bond donors (Lipinski definition) is 0. The van der Waals surface area contributed by atoms with Gasteiger partial charge in [-0.25, -0.2) is 4.39 Å². The first-order valence-electron chi connectivity index (χ1n) is 5.65. The zero-order valence-corrected chi connectivity index (χ0v) is 11.1. The summed E-state index contributed by atoms with van der Waals surface area (Å²) in [6.45, 7) is 0.212. The maximum Gasteiger partial charge on any atom is 0.165 e. The zero-order chi connectivity index (χ0) is 13.7. The van der Waals surface area contributed by atoms with E-state index in [2.05, 4.69) is 16.9 Å². The molecule has 19 heavy (non-hydrogen) atoms. The van der Waals surface area contributed by atoms with Crippen LogP contribution in [0.3, 0.4) is 0 Å². The quantitative estimate of drug-likeness (QED) is 0.638. The van der Waals surface area contributed by atoms with E-state index in [4.69, 9.17) is 16.3 Å². The zero-order valence-electron chi connectivity index (χ0n) is 10.4. The molecule has 0 bridgehead atoms. The summed E-state index contributed by atoms with van der Waals surface area (Å²) in [5, 5.41) is 4.15. The Labute approximate surface area is 116 Å². The SMILES string of the molecule is Cn1ccc(COc2cc(C#CCCl)ccc2F)n1.